The summed E-state index contributed by atoms with van der Waals surface area (Å²) in [4.78, 5) is 23.9. The molecule has 0 radical (unpaired) electrons. The topological polar surface area (TPSA) is 55.4 Å². The van der Waals surface area contributed by atoms with Crippen molar-refractivity contribution in [1.82, 2.24) is 5.32 Å². The Morgan fingerprint density at radius 2 is 1.90 bits per heavy atom. The van der Waals surface area contributed by atoms with E-state index in [9.17, 15) is 9.59 Å². The molecule has 1 amide bonds. The lowest BCUT2D eigenvalue weighted by atomic mass is 10.2. The van der Waals surface area contributed by atoms with Crippen LogP contribution in [0.2, 0.25) is 0 Å². The molecule has 0 aliphatic carbocycles. The fourth-order valence-corrected chi connectivity index (χ4v) is 3.44. The predicted molar refractivity (Wildman–Crippen MR) is 88.3 cm³/mol. The maximum Gasteiger partial charge on any atom is 0.325 e. The monoisotopic (exact) mass is 431 g/mol. The third kappa shape index (κ3) is 4.94. The third-order valence-corrected chi connectivity index (χ3v) is 5.76. The van der Waals surface area contributed by atoms with Gasteiger partial charge in [0.2, 0.25) is 0 Å². The lowest BCUT2D eigenvalue weighted by Gasteiger charge is -2.05. The van der Waals surface area contributed by atoms with E-state index in [0.717, 1.165) is 13.8 Å². The van der Waals surface area contributed by atoms with Crippen LogP contribution in [0.4, 0.5) is 0 Å². The molecule has 0 saturated carbocycles. The van der Waals surface area contributed by atoms with Crippen LogP contribution in [-0.2, 0) is 16.1 Å². The Kier molecular flexibility index (Phi) is 5.96. The Bertz CT molecular complexity index is 623. The Labute approximate surface area is 142 Å². The minimum absolute atomic E-state index is 0.154. The van der Waals surface area contributed by atoms with Gasteiger partial charge in [-0.15, -0.1) is 11.3 Å². The Hall–Kier alpha value is -1.18. The van der Waals surface area contributed by atoms with E-state index in [1.165, 1.54) is 11.3 Å². The van der Waals surface area contributed by atoms with Crippen molar-refractivity contribution in [2.45, 2.75) is 6.61 Å². The van der Waals surface area contributed by atoms with Gasteiger partial charge in [0.25, 0.3) is 5.91 Å². The number of rotatable bonds is 5. The number of halogens is 2. The largest absolute Gasteiger partial charge is 0.460 e. The van der Waals surface area contributed by atoms with Gasteiger partial charge in [0.15, 0.2) is 0 Å². The minimum atomic E-state index is -0.470. The summed E-state index contributed by atoms with van der Waals surface area (Å²) in [5.41, 5.74) is 0.906. The lowest BCUT2D eigenvalue weighted by molar-refractivity contribution is -0.143. The number of esters is 1. The molecule has 0 atom stereocenters. The zero-order chi connectivity index (χ0) is 15.2. The molecule has 110 valence electrons. The number of nitrogens with one attached hydrogen (secondary N) is 1. The van der Waals surface area contributed by atoms with Crippen LogP contribution >= 0.6 is 43.2 Å². The molecule has 2 aromatic rings. The van der Waals surface area contributed by atoms with Gasteiger partial charge >= 0.3 is 5.97 Å². The fraction of sp³-hybridized carbons (Fsp3) is 0.143. The SMILES string of the molecule is O=C(CNC(=O)c1cc(Br)c(Br)s1)OCc1ccccc1. The predicted octanol–water partition coefficient (Wildman–Crippen LogP) is 3.75. The number of amides is 1. The van der Waals surface area contributed by atoms with Crippen molar-refractivity contribution < 1.29 is 14.3 Å². The molecule has 0 unspecified atom stereocenters. The fourth-order valence-electron chi connectivity index (χ4n) is 1.49. The first-order valence-corrected chi connectivity index (χ1v) is 8.39. The first-order chi connectivity index (χ1) is 10.1. The lowest BCUT2D eigenvalue weighted by Crippen LogP contribution is -2.30. The number of carbonyl (C=O) groups is 2. The van der Waals surface area contributed by atoms with Crippen LogP contribution in [0, 0.1) is 0 Å². The standard InChI is InChI=1S/C14H11Br2NO3S/c15-10-6-11(21-13(10)16)14(19)17-7-12(18)20-8-9-4-2-1-3-5-9/h1-6H,7-8H2,(H,17,19). The molecule has 1 aromatic carbocycles. The van der Waals surface area contributed by atoms with Crippen molar-refractivity contribution in [1.29, 1.82) is 0 Å². The summed E-state index contributed by atoms with van der Waals surface area (Å²) in [5.74, 6) is -0.773. The summed E-state index contributed by atoms with van der Waals surface area (Å²) in [7, 11) is 0. The molecule has 0 saturated heterocycles. The van der Waals surface area contributed by atoms with Gasteiger partial charge in [0.05, 0.1) is 8.66 Å². The van der Waals surface area contributed by atoms with Gasteiger partial charge in [-0.25, -0.2) is 0 Å². The summed E-state index contributed by atoms with van der Waals surface area (Å²) < 4.78 is 6.72. The van der Waals surface area contributed by atoms with Crippen molar-refractivity contribution >= 4 is 55.1 Å². The molecule has 1 heterocycles. The van der Waals surface area contributed by atoms with E-state index in [-0.39, 0.29) is 19.1 Å². The molecule has 2 rings (SSSR count). The van der Waals surface area contributed by atoms with E-state index in [1.807, 2.05) is 30.3 Å². The first-order valence-electron chi connectivity index (χ1n) is 5.99. The quantitative estimate of drug-likeness (QED) is 0.732. The van der Waals surface area contributed by atoms with Crippen LogP contribution in [0.3, 0.4) is 0 Å². The van der Waals surface area contributed by atoms with E-state index in [2.05, 4.69) is 37.2 Å². The summed E-state index contributed by atoms with van der Waals surface area (Å²) in [6.07, 6.45) is 0. The second kappa shape index (κ2) is 7.72. The van der Waals surface area contributed by atoms with Gasteiger partial charge in [-0.2, -0.15) is 0 Å². The van der Waals surface area contributed by atoms with Crippen LogP contribution in [0.5, 0.6) is 0 Å². The van der Waals surface area contributed by atoms with Crippen LogP contribution in [-0.4, -0.2) is 18.4 Å². The Morgan fingerprint density at radius 1 is 1.19 bits per heavy atom. The van der Waals surface area contributed by atoms with E-state index in [0.29, 0.717) is 4.88 Å². The van der Waals surface area contributed by atoms with E-state index >= 15 is 0 Å². The first kappa shape index (κ1) is 16.2. The molecular weight excluding hydrogens is 422 g/mol. The summed E-state index contributed by atoms with van der Waals surface area (Å²) in [5, 5.41) is 2.53. The highest BCUT2D eigenvalue weighted by atomic mass is 79.9. The van der Waals surface area contributed by atoms with Gasteiger partial charge in [-0.1, -0.05) is 30.3 Å². The normalized spacial score (nSPS) is 10.2. The molecule has 0 aliphatic rings. The van der Waals surface area contributed by atoms with Crippen LogP contribution < -0.4 is 5.32 Å². The molecule has 21 heavy (non-hydrogen) atoms. The van der Waals surface area contributed by atoms with Gasteiger partial charge in [-0.3, -0.25) is 9.59 Å². The van der Waals surface area contributed by atoms with Gasteiger partial charge in [0, 0.05) is 4.47 Å². The summed E-state index contributed by atoms with van der Waals surface area (Å²) in [6.45, 7) is 0.0461. The smallest absolute Gasteiger partial charge is 0.325 e. The summed E-state index contributed by atoms with van der Waals surface area (Å²) in [6, 6.07) is 11.1. The zero-order valence-corrected chi connectivity index (χ0v) is 14.8. The van der Waals surface area contributed by atoms with Crippen LogP contribution in [0.25, 0.3) is 0 Å². The van der Waals surface area contributed by atoms with E-state index < -0.39 is 5.97 Å². The number of thiophene rings is 1. The molecule has 7 heteroatoms. The van der Waals surface area contributed by atoms with E-state index in [1.54, 1.807) is 6.07 Å². The minimum Gasteiger partial charge on any atom is -0.460 e. The second-order valence-electron chi connectivity index (χ2n) is 4.06. The van der Waals surface area contributed by atoms with Crippen molar-refractivity contribution in [3.05, 3.63) is 55.1 Å². The molecule has 1 N–H and O–H groups in total. The van der Waals surface area contributed by atoms with Crippen LogP contribution in [0.15, 0.2) is 44.7 Å². The molecule has 0 aliphatic heterocycles. The molecule has 4 nitrogen and oxygen atoms in total. The number of hydrogen-bond donors (Lipinski definition) is 1. The molecule has 0 bridgehead atoms. The highest BCUT2D eigenvalue weighted by molar-refractivity contribution is 9.13. The Balaban J connectivity index is 1.77. The third-order valence-electron chi connectivity index (χ3n) is 2.50. The van der Waals surface area contributed by atoms with Crippen LogP contribution in [0.1, 0.15) is 15.2 Å². The molecule has 1 aromatic heterocycles. The van der Waals surface area contributed by atoms with Gasteiger partial charge in [-0.05, 0) is 43.5 Å². The number of carbonyl (C=O) groups excluding carboxylic acids is 2. The van der Waals surface area contributed by atoms with Crippen molar-refractivity contribution in [3.8, 4) is 0 Å². The zero-order valence-electron chi connectivity index (χ0n) is 10.8. The number of hydrogen-bond acceptors (Lipinski definition) is 4. The average molecular weight is 433 g/mol. The molecule has 0 fully saturated rings. The van der Waals surface area contributed by atoms with Gasteiger partial charge < -0.3 is 10.1 Å². The number of ether oxygens (including phenoxy) is 1. The van der Waals surface area contributed by atoms with Crippen molar-refractivity contribution in [2.24, 2.45) is 0 Å². The summed E-state index contributed by atoms with van der Waals surface area (Å²) >= 11 is 7.91. The van der Waals surface area contributed by atoms with Crippen molar-refractivity contribution in [3.63, 3.8) is 0 Å². The maximum atomic E-state index is 11.8. The molecule has 0 spiro atoms. The van der Waals surface area contributed by atoms with Gasteiger partial charge in [0.1, 0.15) is 13.2 Å². The highest BCUT2D eigenvalue weighted by Crippen LogP contribution is 2.32. The maximum absolute atomic E-state index is 11.8. The highest BCUT2D eigenvalue weighted by Gasteiger charge is 2.13. The van der Waals surface area contributed by atoms with E-state index in [4.69, 9.17) is 4.74 Å². The number of benzene rings is 1. The average Bonchev–Trinajstić information content (AvgIpc) is 2.83. The molecular formula is C14H11Br2NO3S. The second-order valence-corrected chi connectivity index (χ2v) is 7.29. The van der Waals surface area contributed by atoms with Crippen molar-refractivity contribution in [2.75, 3.05) is 6.54 Å². The Morgan fingerprint density at radius 3 is 2.52 bits per heavy atom.